The van der Waals surface area contributed by atoms with Crippen molar-refractivity contribution in [3.63, 3.8) is 0 Å². The summed E-state index contributed by atoms with van der Waals surface area (Å²) in [5.41, 5.74) is 0.654. The van der Waals surface area contributed by atoms with Crippen molar-refractivity contribution < 1.29 is 4.79 Å². The maximum absolute atomic E-state index is 11.5. The second-order valence-electron chi connectivity index (χ2n) is 3.82. The van der Waals surface area contributed by atoms with Crippen LogP contribution in [0.5, 0.6) is 0 Å². The second kappa shape index (κ2) is 6.46. The lowest BCUT2D eigenvalue weighted by atomic mass is 10.4. The number of rotatable bonds is 6. The molecule has 0 aliphatic rings. The number of nitrogens with one attached hydrogen (secondary N) is 2. The zero-order valence-electron chi connectivity index (χ0n) is 10.4. The van der Waals surface area contributed by atoms with Crippen molar-refractivity contribution in [2.24, 2.45) is 0 Å². The number of carbonyl (C=O) groups is 1. The summed E-state index contributed by atoms with van der Waals surface area (Å²) in [6, 6.07) is 5.40. The molecule has 0 saturated heterocycles. The number of amides is 1. The first kappa shape index (κ1) is 13.0. The summed E-state index contributed by atoms with van der Waals surface area (Å²) in [4.78, 5) is 15.8. The number of nitrogens with zero attached hydrogens (tertiary/aromatic N) is 3. The number of hydrogen-bond donors (Lipinski definition) is 2. The van der Waals surface area contributed by atoms with Gasteiger partial charge in [-0.05, 0) is 18.2 Å². The quantitative estimate of drug-likeness (QED) is 0.598. The van der Waals surface area contributed by atoms with E-state index in [1.807, 2.05) is 6.07 Å². The third kappa shape index (κ3) is 3.75. The van der Waals surface area contributed by atoms with Crippen molar-refractivity contribution in [2.45, 2.75) is 0 Å². The predicted octanol–water partition coefficient (Wildman–Crippen LogP) is 0.981. The van der Waals surface area contributed by atoms with Gasteiger partial charge in [0.15, 0.2) is 5.82 Å². The molecule has 0 atom stereocenters. The largest absolute Gasteiger partial charge is 0.324 e. The third-order valence-corrected chi connectivity index (χ3v) is 2.34. The number of pyridine rings is 1. The van der Waals surface area contributed by atoms with Crippen molar-refractivity contribution in [1.82, 2.24) is 20.1 Å². The van der Waals surface area contributed by atoms with Gasteiger partial charge in [0.05, 0.1) is 18.4 Å². The second-order valence-corrected chi connectivity index (χ2v) is 3.82. The molecule has 98 valence electrons. The SMILES string of the molecule is C=CCNCC(=O)Nc1ccc(-n2cccn2)nc1. The van der Waals surface area contributed by atoms with Crippen LogP contribution in [0.15, 0.2) is 49.4 Å². The molecule has 19 heavy (non-hydrogen) atoms. The Balaban J connectivity index is 1.92. The highest BCUT2D eigenvalue weighted by atomic mass is 16.1. The van der Waals surface area contributed by atoms with E-state index in [0.29, 0.717) is 18.1 Å². The maximum Gasteiger partial charge on any atom is 0.238 e. The summed E-state index contributed by atoms with van der Waals surface area (Å²) >= 11 is 0. The summed E-state index contributed by atoms with van der Waals surface area (Å²) in [6.45, 7) is 4.41. The summed E-state index contributed by atoms with van der Waals surface area (Å²) in [5.74, 6) is 0.586. The highest BCUT2D eigenvalue weighted by Crippen LogP contribution is 2.08. The Hall–Kier alpha value is -2.47. The highest BCUT2D eigenvalue weighted by Gasteiger charge is 2.02. The maximum atomic E-state index is 11.5. The van der Waals surface area contributed by atoms with Gasteiger partial charge in [-0.2, -0.15) is 5.10 Å². The standard InChI is InChI=1S/C13H15N5O/c1-2-6-14-10-13(19)17-11-4-5-12(15-9-11)18-8-3-7-16-18/h2-5,7-9,14H,1,6,10H2,(H,17,19). The van der Waals surface area contributed by atoms with E-state index in [0.717, 1.165) is 0 Å². The van der Waals surface area contributed by atoms with Crippen LogP contribution in [0, 0.1) is 0 Å². The van der Waals surface area contributed by atoms with Crippen LogP contribution in [-0.4, -0.2) is 33.8 Å². The summed E-state index contributed by atoms with van der Waals surface area (Å²) < 4.78 is 1.65. The van der Waals surface area contributed by atoms with Crippen molar-refractivity contribution in [3.8, 4) is 5.82 Å². The summed E-state index contributed by atoms with van der Waals surface area (Å²) in [7, 11) is 0. The molecule has 0 saturated carbocycles. The van der Waals surface area contributed by atoms with Crippen LogP contribution in [0.1, 0.15) is 0 Å². The first-order chi connectivity index (χ1) is 9.29. The average Bonchev–Trinajstić information content (AvgIpc) is 2.94. The first-order valence-electron chi connectivity index (χ1n) is 5.87. The lowest BCUT2D eigenvalue weighted by molar-refractivity contribution is -0.115. The zero-order valence-corrected chi connectivity index (χ0v) is 10.4. The fourth-order valence-corrected chi connectivity index (χ4v) is 1.49. The van der Waals surface area contributed by atoms with Gasteiger partial charge in [-0.1, -0.05) is 6.08 Å². The minimum atomic E-state index is -0.115. The molecule has 0 unspecified atom stereocenters. The van der Waals surface area contributed by atoms with Gasteiger partial charge in [0.25, 0.3) is 0 Å². The molecule has 0 bridgehead atoms. The van der Waals surface area contributed by atoms with Crippen LogP contribution in [0.25, 0.3) is 5.82 Å². The van der Waals surface area contributed by atoms with Gasteiger partial charge in [-0.25, -0.2) is 9.67 Å². The number of hydrogen-bond acceptors (Lipinski definition) is 4. The minimum Gasteiger partial charge on any atom is -0.324 e. The molecule has 0 aliphatic carbocycles. The molecule has 2 rings (SSSR count). The fourth-order valence-electron chi connectivity index (χ4n) is 1.49. The Morgan fingerprint density at radius 1 is 1.47 bits per heavy atom. The van der Waals surface area contributed by atoms with E-state index in [9.17, 15) is 4.79 Å². The molecule has 2 N–H and O–H groups in total. The van der Waals surface area contributed by atoms with Crippen LogP contribution in [-0.2, 0) is 4.79 Å². The fraction of sp³-hybridized carbons (Fsp3) is 0.154. The smallest absolute Gasteiger partial charge is 0.238 e. The van der Waals surface area contributed by atoms with E-state index < -0.39 is 0 Å². The molecule has 0 radical (unpaired) electrons. The Morgan fingerprint density at radius 2 is 2.37 bits per heavy atom. The van der Waals surface area contributed by atoms with Crippen LogP contribution in [0.4, 0.5) is 5.69 Å². The van der Waals surface area contributed by atoms with Gasteiger partial charge in [-0.3, -0.25) is 4.79 Å². The molecule has 2 aromatic heterocycles. The van der Waals surface area contributed by atoms with Gasteiger partial charge in [0.1, 0.15) is 0 Å². The average molecular weight is 257 g/mol. The van der Waals surface area contributed by atoms with Gasteiger partial charge in [0.2, 0.25) is 5.91 Å². The Morgan fingerprint density at radius 3 is 3.00 bits per heavy atom. The van der Waals surface area contributed by atoms with E-state index in [1.165, 1.54) is 0 Å². The normalized spacial score (nSPS) is 10.1. The van der Waals surface area contributed by atoms with Crippen LogP contribution in [0.2, 0.25) is 0 Å². The molecule has 2 heterocycles. The Kier molecular flexibility index (Phi) is 4.41. The van der Waals surface area contributed by atoms with Crippen LogP contribution >= 0.6 is 0 Å². The molecule has 0 spiro atoms. The monoisotopic (exact) mass is 257 g/mol. The molecule has 6 nitrogen and oxygen atoms in total. The highest BCUT2D eigenvalue weighted by molar-refractivity contribution is 5.92. The lowest BCUT2D eigenvalue weighted by Crippen LogP contribution is -2.28. The summed E-state index contributed by atoms with van der Waals surface area (Å²) in [5, 5.41) is 9.74. The van der Waals surface area contributed by atoms with Crippen molar-refractivity contribution in [1.29, 1.82) is 0 Å². The molecule has 6 heteroatoms. The lowest BCUT2D eigenvalue weighted by Gasteiger charge is -2.06. The van der Waals surface area contributed by atoms with E-state index in [4.69, 9.17) is 0 Å². The number of anilines is 1. The number of aromatic nitrogens is 3. The van der Waals surface area contributed by atoms with Gasteiger partial charge >= 0.3 is 0 Å². The van der Waals surface area contributed by atoms with Gasteiger partial charge in [-0.15, -0.1) is 6.58 Å². The number of carbonyl (C=O) groups excluding carboxylic acids is 1. The molecule has 0 fully saturated rings. The van der Waals surface area contributed by atoms with Crippen LogP contribution < -0.4 is 10.6 Å². The van der Waals surface area contributed by atoms with E-state index in [2.05, 4.69) is 27.3 Å². The van der Waals surface area contributed by atoms with E-state index >= 15 is 0 Å². The summed E-state index contributed by atoms with van der Waals surface area (Å²) in [6.07, 6.45) is 6.79. The van der Waals surface area contributed by atoms with E-state index in [-0.39, 0.29) is 12.5 Å². The first-order valence-corrected chi connectivity index (χ1v) is 5.87. The van der Waals surface area contributed by atoms with Gasteiger partial charge in [0, 0.05) is 18.9 Å². The molecular formula is C13H15N5O. The molecule has 0 aliphatic heterocycles. The Labute approximate surface area is 111 Å². The molecule has 1 amide bonds. The van der Waals surface area contributed by atoms with Crippen molar-refractivity contribution >= 4 is 11.6 Å². The predicted molar refractivity (Wildman–Crippen MR) is 73.1 cm³/mol. The van der Waals surface area contributed by atoms with Crippen molar-refractivity contribution in [3.05, 3.63) is 49.4 Å². The molecule has 2 aromatic rings. The molecular weight excluding hydrogens is 242 g/mol. The minimum absolute atomic E-state index is 0.115. The van der Waals surface area contributed by atoms with E-state index in [1.54, 1.807) is 41.5 Å². The Bertz CT molecular complexity index is 533. The van der Waals surface area contributed by atoms with Crippen molar-refractivity contribution in [2.75, 3.05) is 18.4 Å². The topological polar surface area (TPSA) is 71.8 Å². The third-order valence-electron chi connectivity index (χ3n) is 2.34. The van der Waals surface area contributed by atoms with Crippen LogP contribution in [0.3, 0.4) is 0 Å². The molecule has 0 aromatic carbocycles. The zero-order chi connectivity index (χ0) is 13.5. The van der Waals surface area contributed by atoms with Gasteiger partial charge < -0.3 is 10.6 Å².